The molecule has 0 bridgehead atoms. The molecular formula is C30H52O2. The predicted molar refractivity (Wildman–Crippen MR) is 143 cm³/mol. The van der Waals surface area contributed by atoms with Crippen molar-refractivity contribution in [3.05, 3.63) is 58.2 Å². The number of aliphatic hydroxyl groups is 2. The van der Waals surface area contributed by atoms with Crippen LogP contribution in [0.3, 0.4) is 0 Å². The van der Waals surface area contributed by atoms with Crippen molar-refractivity contribution in [3.8, 4) is 0 Å². The minimum atomic E-state index is -1.02. The van der Waals surface area contributed by atoms with E-state index in [0.29, 0.717) is 12.8 Å². The normalized spacial score (nSPS) is 15.9. The van der Waals surface area contributed by atoms with E-state index in [1.54, 1.807) is 6.92 Å². The average molecular weight is 445 g/mol. The van der Waals surface area contributed by atoms with Gasteiger partial charge in [0.1, 0.15) is 0 Å². The van der Waals surface area contributed by atoms with Crippen LogP contribution in [0.15, 0.2) is 58.2 Å². The lowest BCUT2D eigenvalue weighted by Crippen LogP contribution is -2.39. The molecule has 0 aromatic heterocycles. The molecule has 0 spiro atoms. The maximum Gasteiger partial charge on any atom is 0.0880 e. The highest BCUT2D eigenvalue weighted by Crippen LogP contribution is 2.23. The summed E-state index contributed by atoms with van der Waals surface area (Å²) >= 11 is 0. The summed E-state index contributed by atoms with van der Waals surface area (Å²) in [5.41, 5.74) is 5.88. The number of rotatable bonds is 16. The smallest absolute Gasteiger partial charge is 0.0880 e. The number of hydrogen-bond donors (Lipinski definition) is 2. The van der Waals surface area contributed by atoms with Crippen LogP contribution in [-0.2, 0) is 0 Å². The Balaban J connectivity index is 4.22. The van der Waals surface area contributed by atoms with E-state index in [9.17, 15) is 10.2 Å². The minimum absolute atomic E-state index is 0.594. The third-order valence-corrected chi connectivity index (χ3v) is 6.01. The molecule has 2 heteroatoms. The Morgan fingerprint density at radius 2 is 1.03 bits per heavy atom. The second-order valence-corrected chi connectivity index (χ2v) is 10.3. The van der Waals surface area contributed by atoms with Crippen molar-refractivity contribution in [2.24, 2.45) is 0 Å². The average Bonchev–Trinajstić information content (AvgIpc) is 2.68. The second-order valence-electron chi connectivity index (χ2n) is 10.3. The molecule has 2 nitrogen and oxygen atoms in total. The molecule has 184 valence electrons. The van der Waals surface area contributed by atoms with Crippen LogP contribution >= 0.6 is 0 Å². The molecule has 0 aromatic carbocycles. The third kappa shape index (κ3) is 17.2. The van der Waals surface area contributed by atoms with Gasteiger partial charge in [-0.2, -0.15) is 0 Å². The number of aliphatic hydroxyl groups excluding tert-OH is 1. The fraction of sp³-hybridized carbons (Fsp3) is 0.667. The van der Waals surface area contributed by atoms with Gasteiger partial charge >= 0.3 is 0 Å². The van der Waals surface area contributed by atoms with Crippen molar-refractivity contribution in [2.75, 3.05) is 0 Å². The highest BCUT2D eigenvalue weighted by molar-refractivity contribution is 5.06. The molecule has 0 saturated carbocycles. The molecule has 0 fully saturated rings. The van der Waals surface area contributed by atoms with E-state index in [2.05, 4.69) is 78.8 Å². The molecule has 0 heterocycles. The van der Waals surface area contributed by atoms with Gasteiger partial charge < -0.3 is 10.2 Å². The van der Waals surface area contributed by atoms with Crippen LogP contribution in [0.2, 0.25) is 0 Å². The quantitative estimate of drug-likeness (QED) is 0.184. The van der Waals surface area contributed by atoms with Crippen LogP contribution in [0.5, 0.6) is 0 Å². The molecule has 0 rings (SSSR count). The highest BCUT2D eigenvalue weighted by atomic mass is 16.3. The Hall–Kier alpha value is -1.38. The monoisotopic (exact) mass is 444 g/mol. The van der Waals surface area contributed by atoms with Crippen molar-refractivity contribution in [2.45, 2.75) is 131 Å². The van der Waals surface area contributed by atoms with E-state index in [4.69, 9.17) is 0 Å². The first-order chi connectivity index (χ1) is 14.9. The number of unbranched alkanes of at least 4 members (excludes halogenated alkanes) is 1. The van der Waals surface area contributed by atoms with Gasteiger partial charge in [0, 0.05) is 0 Å². The number of allylic oxidation sites excluding steroid dienone is 10. The van der Waals surface area contributed by atoms with Crippen LogP contribution < -0.4 is 0 Å². The van der Waals surface area contributed by atoms with Crippen molar-refractivity contribution >= 4 is 0 Å². The van der Waals surface area contributed by atoms with Crippen LogP contribution in [0.1, 0.15) is 120 Å². The van der Waals surface area contributed by atoms with Gasteiger partial charge in [0.25, 0.3) is 0 Å². The maximum absolute atomic E-state index is 10.5. The lowest BCUT2D eigenvalue weighted by atomic mass is 9.89. The van der Waals surface area contributed by atoms with E-state index >= 15 is 0 Å². The Bertz CT molecular complexity index is 663. The summed E-state index contributed by atoms with van der Waals surface area (Å²) in [7, 11) is 0. The van der Waals surface area contributed by atoms with E-state index in [-0.39, 0.29) is 0 Å². The van der Waals surface area contributed by atoms with Crippen LogP contribution in [0.25, 0.3) is 0 Å². The minimum Gasteiger partial charge on any atom is -0.390 e. The van der Waals surface area contributed by atoms with Gasteiger partial charge in [-0.25, -0.2) is 0 Å². The van der Waals surface area contributed by atoms with Crippen LogP contribution in [0.4, 0.5) is 0 Å². The standard InChI is InChI=1S/C30H52O2/c1-24(2)14-11-18-27(6)20-12-19-26(5)16-9-10-17-28(7)21-22-29(31)30(8,32)23-13-15-25(3)4/h14-17,20,29,31-32H,9-13,18-19,21-23H2,1-8H3/b26-16+,27-20+,28-17+/t29-,30+/m1/s1. The van der Waals surface area contributed by atoms with Crippen molar-refractivity contribution in [3.63, 3.8) is 0 Å². The summed E-state index contributed by atoms with van der Waals surface area (Å²) in [5, 5.41) is 21.0. The summed E-state index contributed by atoms with van der Waals surface area (Å²) in [5.74, 6) is 0. The van der Waals surface area contributed by atoms with Gasteiger partial charge in [0.2, 0.25) is 0 Å². The van der Waals surface area contributed by atoms with E-state index in [1.165, 1.54) is 27.9 Å². The lowest BCUT2D eigenvalue weighted by Gasteiger charge is -2.29. The zero-order valence-electron chi connectivity index (χ0n) is 22.4. The highest BCUT2D eigenvalue weighted by Gasteiger charge is 2.28. The summed E-state index contributed by atoms with van der Waals surface area (Å²) in [6.07, 6.45) is 20.3. The third-order valence-electron chi connectivity index (χ3n) is 6.01. The van der Waals surface area contributed by atoms with E-state index in [0.717, 1.165) is 51.4 Å². The summed E-state index contributed by atoms with van der Waals surface area (Å²) in [6.45, 7) is 16.8. The molecule has 0 aliphatic carbocycles. The van der Waals surface area contributed by atoms with E-state index in [1.807, 2.05) is 0 Å². The topological polar surface area (TPSA) is 40.5 Å². The Morgan fingerprint density at radius 1 is 0.625 bits per heavy atom. The van der Waals surface area contributed by atoms with E-state index < -0.39 is 11.7 Å². The van der Waals surface area contributed by atoms with Crippen LogP contribution in [-0.4, -0.2) is 21.9 Å². The Kier molecular flexibility index (Phi) is 16.4. The predicted octanol–water partition coefficient (Wildman–Crippen LogP) is 8.77. The van der Waals surface area contributed by atoms with Gasteiger partial charge in [0.05, 0.1) is 11.7 Å². The zero-order valence-corrected chi connectivity index (χ0v) is 22.4. The first kappa shape index (κ1) is 30.6. The molecule has 0 amide bonds. The van der Waals surface area contributed by atoms with Gasteiger partial charge in [-0.1, -0.05) is 58.2 Å². The summed E-state index contributed by atoms with van der Waals surface area (Å²) in [6, 6.07) is 0. The first-order valence-corrected chi connectivity index (χ1v) is 12.6. The largest absolute Gasteiger partial charge is 0.390 e. The van der Waals surface area contributed by atoms with Gasteiger partial charge in [-0.3, -0.25) is 0 Å². The lowest BCUT2D eigenvalue weighted by molar-refractivity contribution is -0.0691. The number of hydrogen-bond acceptors (Lipinski definition) is 2. The molecule has 2 atom stereocenters. The van der Waals surface area contributed by atoms with Crippen molar-refractivity contribution in [1.82, 2.24) is 0 Å². The zero-order chi connectivity index (χ0) is 24.6. The molecule has 0 aliphatic heterocycles. The maximum atomic E-state index is 10.5. The molecule has 0 unspecified atom stereocenters. The summed E-state index contributed by atoms with van der Waals surface area (Å²) < 4.78 is 0. The Labute approximate surface area is 199 Å². The fourth-order valence-corrected chi connectivity index (χ4v) is 3.60. The summed E-state index contributed by atoms with van der Waals surface area (Å²) in [4.78, 5) is 0. The second kappa shape index (κ2) is 17.1. The molecular weight excluding hydrogens is 392 g/mol. The van der Waals surface area contributed by atoms with Gasteiger partial charge in [-0.15, -0.1) is 0 Å². The van der Waals surface area contributed by atoms with Crippen molar-refractivity contribution < 1.29 is 10.2 Å². The fourth-order valence-electron chi connectivity index (χ4n) is 3.60. The molecule has 0 aliphatic rings. The van der Waals surface area contributed by atoms with Gasteiger partial charge in [0.15, 0.2) is 0 Å². The first-order valence-electron chi connectivity index (χ1n) is 12.6. The van der Waals surface area contributed by atoms with Gasteiger partial charge in [-0.05, 0) is 120 Å². The van der Waals surface area contributed by atoms with Crippen molar-refractivity contribution in [1.29, 1.82) is 0 Å². The van der Waals surface area contributed by atoms with Crippen LogP contribution in [0, 0.1) is 0 Å². The molecule has 0 radical (unpaired) electrons. The molecule has 0 saturated heterocycles. The molecule has 32 heavy (non-hydrogen) atoms. The molecule has 2 N–H and O–H groups in total. The Morgan fingerprint density at radius 3 is 1.53 bits per heavy atom. The molecule has 0 aromatic rings. The SMILES string of the molecule is CC(C)=CCC/C(C)=C/CC/C(C)=C/CC/C=C(\C)CC[C@@H](O)[C@@](C)(O)CCC=C(C)C.